The van der Waals surface area contributed by atoms with Gasteiger partial charge in [0, 0.05) is 10.7 Å². The van der Waals surface area contributed by atoms with Gasteiger partial charge in [-0.1, -0.05) is 11.6 Å². The summed E-state index contributed by atoms with van der Waals surface area (Å²) in [6.45, 7) is 2.47. The zero-order valence-electron chi connectivity index (χ0n) is 14.0. The monoisotopic (exact) mass is 437 g/mol. The van der Waals surface area contributed by atoms with Crippen LogP contribution in [0.2, 0.25) is 5.02 Å². The maximum atomic E-state index is 11.8. The predicted octanol–water partition coefficient (Wildman–Crippen LogP) is 3.98. The van der Waals surface area contributed by atoms with E-state index in [4.69, 9.17) is 16.3 Å². The highest BCUT2D eigenvalue weighted by molar-refractivity contribution is 9.10. The molecule has 0 bridgehead atoms. The Hall–Kier alpha value is -2.38. The van der Waals surface area contributed by atoms with E-state index >= 15 is 0 Å². The van der Waals surface area contributed by atoms with Gasteiger partial charge in [0.2, 0.25) is 11.8 Å². The Morgan fingerprint density at radius 3 is 2.58 bits per heavy atom. The zero-order chi connectivity index (χ0) is 18.9. The summed E-state index contributed by atoms with van der Waals surface area (Å²) in [5, 5.41) is 7.02. The molecule has 2 rings (SSSR count). The van der Waals surface area contributed by atoms with Gasteiger partial charge in [0.25, 0.3) is 0 Å². The average molecular weight is 439 g/mol. The number of hydrazone groups is 1. The first kappa shape index (κ1) is 19.9. The van der Waals surface area contributed by atoms with Crippen LogP contribution in [-0.2, 0) is 9.59 Å². The molecule has 26 heavy (non-hydrogen) atoms. The molecule has 0 spiro atoms. The van der Waals surface area contributed by atoms with Crippen LogP contribution in [-0.4, -0.2) is 24.6 Å². The highest BCUT2D eigenvalue weighted by Crippen LogP contribution is 2.25. The number of anilines is 1. The van der Waals surface area contributed by atoms with Gasteiger partial charge < -0.3 is 10.1 Å². The number of benzene rings is 2. The second kappa shape index (κ2) is 9.94. The number of halogens is 2. The van der Waals surface area contributed by atoms with Crippen molar-refractivity contribution in [3.63, 3.8) is 0 Å². The molecule has 8 heteroatoms. The number of carbonyl (C=O) groups excluding carboxylic acids is 2. The lowest BCUT2D eigenvalue weighted by Gasteiger charge is -2.06. The Morgan fingerprint density at radius 2 is 1.92 bits per heavy atom. The van der Waals surface area contributed by atoms with Gasteiger partial charge in [0.1, 0.15) is 12.2 Å². The minimum absolute atomic E-state index is 0.340. The molecule has 0 heterocycles. The molecule has 6 nitrogen and oxygen atoms in total. The number of hydrogen-bond donors (Lipinski definition) is 2. The van der Waals surface area contributed by atoms with Gasteiger partial charge in [0.05, 0.1) is 17.3 Å². The average Bonchev–Trinajstić information content (AvgIpc) is 2.59. The third-order valence-electron chi connectivity index (χ3n) is 3.11. The summed E-state index contributed by atoms with van der Waals surface area (Å²) in [6, 6.07) is 12.0. The van der Waals surface area contributed by atoms with Crippen molar-refractivity contribution in [2.75, 3.05) is 11.9 Å². The third kappa shape index (κ3) is 6.50. The first-order valence-corrected chi connectivity index (χ1v) is 8.94. The van der Waals surface area contributed by atoms with Crippen LogP contribution < -0.4 is 15.5 Å². The fourth-order valence-corrected chi connectivity index (χ4v) is 2.61. The molecule has 2 aromatic carbocycles. The van der Waals surface area contributed by atoms with Gasteiger partial charge >= 0.3 is 0 Å². The molecule has 0 radical (unpaired) electrons. The highest BCUT2D eigenvalue weighted by atomic mass is 79.9. The van der Waals surface area contributed by atoms with Crippen molar-refractivity contribution in [2.45, 2.75) is 13.3 Å². The number of carbonyl (C=O) groups is 2. The first-order chi connectivity index (χ1) is 12.5. The van der Waals surface area contributed by atoms with Gasteiger partial charge in [0.15, 0.2) is 0 Å². The van der Waals surface area contributed by atoms with E-state index in [-0.39, 0.29) is 6.42 Å². The Kier molecular flexibility index (Phi) is 7.62. The van der Waals surface area contributed by atoms with Crippen molar-refractivity contribution < 1.29 is 14.3 Å². The Bertz CT molecular complexity index is 810. The summed E-state index contributed by atoms with van der Waals surface area (Å²) in [4.78, 5) is 23.6. The van der Waals surface area contributed by atoms with Gasteiger partial charge in [-0.15, -0.1) is 0 Å². The van der Waals surface area contributed by atoms with Crippen LogP contribution in [0.3, 0.4) is 0 Å². The van der Waals surface area contributed by atoms with E-state index in [1.165, 1.54) is 6.21 Å². The van der Waals surface area contributed by atoms with Crippen molar-refractivity contribution >= 4 is 51.2 Å². The number of ether oxygens (including phenoxy) is 1. The quantitative estimate of drug-likeness (QED) is 0.390. The van der Waals surface area contributed by atoms with Crippen LogP contribution in [0.25, 0.3) is 0 Å². The summed E-state index contributed by atoms with van der Waals surface area (Å²) in [5.74, 6) is -0.228. The van der Waals surface area contributed by atoms with Crippen molar-refractivity contribution in [1.82, 2.24) is 5.43 Å². The van der Waals surface area contributed by atoms with E-state index < -0.39 is 11.8 Å². The molecule has 2 N–H and O–H groups in total. The smallest absolute Gasteiger partial charge is 0.249 e. The number of amides is 2. The van der Waals surface area contributed by atoms with E-state index in [9.17, 15) is 9.59 Å². The second-order valence-corrected chi connectivity index (χ2v) is 6.44. The summed E-state index contributed by atoms with van der Waals surface area (Å²) in [5.41, 5.74) is 3.65. The Morgan fingerprint density at radius 1 is 1.19 bits per heavy atom. The lowest BCUT2D eigenvalue weighted by Crippen LogP contribution is -2.24. The minimum atomic E-state index is -0.516. The van der Waals surface area contributed by atoms with Crippen LogP contribution in [0, 0.1) is 0 Å². The lowest BCUT2D eigenvalue weighted by molar-refractivity contribution is -0.126. The number of rotatable bonds is 7. The van der Waals surface area contributed by atoms with Crippen molar-refractivity contribution in [3.05, 3.63) is 57.5 Å². The molecule has 0 aromatic heterocycles. The van der Waals surface area contributed by atoms with Crippen LogP contribution in [0.4, 0.5) is 5.69 Å². The van der Waals surface area contributed by atoms with Gasteiger partial charge in [-0.25, -0.2) is 5.43 Å². The molecule has 0 unspecified atom stereocenters. The van der Waals surface area contributed by atoms with Crippen LogP contribution in [0.5, 0.6) is 5.75 Å². The molecule has 2 amide bonds. The second-order valence-electron chi connectivity index (χ2n) is 5.15. The first-order valence-electron chi connectivity index (χ1n) is 7.77. The van der Waals surface area contributed by atoms with Crippen molar-refractivity contribution in [1.29, 1.82) is 0 Å². The predicted molar refractivity (Wildman–Crippen MR) is 106 cm³/mol. The Balaban J connectivity index is 1.82. The fourth-order valence-electron chi connectivity index (χ4n) is 1.97. The van der Waals surface area contributed by atoms with Gasteiger partial charge in [-0.3, -0.25) is 9.59 Å². The fraction of sp³-hybridized carbons (Fsp3) is 0.167. The maximum absolute atomic E-state index is 11.8. The third-order valence-corrected chi connectivity index (χ3v) is 3.98. The molecule has 0 aliphatic heterocycles. The summed E-state index contributed by atoms with van der Waals surface area (Å²) < 4.78 is 6.21. The van der Waals surface area contributed by atoms with Crippen LogP contribution in [0.15, 0.2) is 52.0 Å². The summed E-state index contributed by atoms with van der Waals surface area (Å²) >= 11 is 9.17. The van der Waals surface area contributed by atoms with Gasteiger partial charge in [-0.2, -0.15) is 5.10 Å². The largest absolute Gasteiger partial charge is 0.493 e. The zero-order valence-corrected chi connectivity index (χ0v) is 16.3. The molecular formula is C18H17BrClN3O3. The molecule has 0 atom stereocenters. The normalized spacial score (nSPS) is 10.6. The molecule has 0 saturated heterocycles. The van der Waals surface area contributed by atoms with E-state index in [2.05, 4.69) is 31.8 Å². The lowest BCUT2D eigenvalue weighted by atomic mass is 10.2. The molecule has 0 aliphatic rings. The van der Waals surface area contributed by atoms with E-state index in [1.54, 1.807) is 36.4 Å². The van der Waals surface area contributed by atoms with Crippen molar-refractivity contribution in [3.8, 4) is 5.75 Å². The minimum Gasteiger partial charge on any atom is -0.493 e. The molecule has 0 saturated carbocycles. The van der Waals surface area contributed by atoms with E-state index in [1.807, 2.05) is 13.0 Å². The summed E-state index contributed by atoms with van der Waals surface area (Å²) in [7, 11) is 0. The van der Waals surface area contributed by atoms with Crippen LogP contribution in [0.1, 0.15) is 18.9 Å². The van der Waals surface area contributed by atoms with E-state index in [0.717, 1.165) is 15.8 Å². The maximum Gasteiger partial charge on any atom is 0.249 e. The number of nitrogens with one attached hydrogen (secondary N) is 2. The molecular weight excluding hydrogens is 422 g/mol. The molecule has 136 valence electrons. The standard InChI is InChI=1S/C18H17BrClN3O3/c1-2-26-16-8-3-12(9-15(16)19)11-21-23-18(25)10-17(24)22-14-6-4-13(20)5-7-14/h3-9,11H,2,10H2,1H3,(H,22,24)(H,23,25). The molecule has 0 aliphatic carbocycles. The van der Waals surface area contributed by atoms with E-state index in [0.29, 0.717) is 17.3 Å². The number of hydrogen-bond acceptors (Lipinski definition) is 4. The highest BCUT2D eigenvalue weighted by Gasteiger charge is 2.09. The number of nitrogens with zero attached hydrogens (tertiary/aromatic N) is 1. The van der Waals surface area contributed by atoms with Crippen LogP contribution >= 0.6 is 27.5 Å². The SMILES string of the molecule is CCOc1ccc(C=NNC(=O)CC(=O)Nc2ccc(Cl)cc2)cc1Br. The summed E-state index contributed by atoms with van der Waals surface area (Å²) in [6.07, 6.45) is 1.14. The molecule has 2 aromatic rings. The Labute approximate surface area is 164 Å². The van der Waals surface area contributed by atoms with Gasteiger partial charge in [-0.05, 0) is 70.9 Å². The topological polar surface area (TPSA) is 79.8 Å². The van der Waals surface area contributed by atoms with Crippen molar-refractivity contribution in [2.24, 2.45) is 5.10 Å². The molecule has 0 fully saturated rings.